The maximum absolute atomic E-state index is 13.7. The Kier molecular flexibility index (Phi) is 3.98. The second kappa shape index (κ2) is 5.89. The highest BCUT2D eigenvalue weighted by Crippen LogP contribution is 2.22. The molecule has 2 saturated heterocycles. The summed E-state index contributed by atoms with van der Waals surface area (Å²) in [5.41, 5.74) is 0.561. The van der Waals surface area contributed by atoms with E-state index in [9.17, 15) is 9.18 Å². The molecular formula is C15H19FN2O2. The number of carbonyl (C=O) groups is 1. The Labute approximate surface area is 117 Å². The molecule has 5 heteroatoms. The van der Waals surface area contributed by atoms with Crippen molar-refractivity contribution in [2.24, 2.45) is 5.92 Å². The highest BCUT2D eigenvalue weighted by Gasteiger charge is 2.33. The quantitative estimate of drug-likeness (QED) is 0.902. The van der Waals surface area contributed by atoms with E-state index in [-0.39, 0.29) is 24.4 Å². The molecule has 1 amide bonds. The van der Waals surface area contributed by atoms with E-state index in [1.165, 1.54) is 6.07 Å². The van der Waals surface area contributed by atoms with E-state index in [0.717, 1.165) is 19.5 Å². The van der Waals surface area contributed by atoms with Gasteiger partial charge in [-0.15, -0.1) is 0 Å². The van der Waals surface area contributed by atoms with Crippen LogP contribution in [0.3, 0.4) is 0 Å². The van der Waals surface area contributed by atoms with Gasteiger partial charge in [-0.1, -0.05) is 18.2 Å². The molecule has 0 spiro atoms. The van der Waals surface area contributed by atoms with Crippen LogP contribution in [0.5, 0.6) is 0 Å². The van der Waals surface area contributed by atoms with Gasteiger partial charge in [0.15, 0.2) is 0 Å². The lowest BCUT2D eigenvalue weighted by Crippen LogP contribution is -2.49. The predicted octanol–water partition coefficient (Wildman–Crippen LogP) is 1.16. The Morgan fingerprint density at radius 1 is 1.40 bits per heavy atom. The average molecular weight is 278 g/mol. The second-order valence-corrected chi connectivity index (χ2v) is 5.47. The highest BCUT2D eigenvalue weighted by molar-refractivity contribution is 5.78. The molecule has 0 aliphatic carbocycles. The Balaban J connectivity index is 1.68. The summed E-state index contributed by atoms with van der Waals surface area (Å²) in [4.78, 5) is 13.6. The van der Waals surface area contributed by atoms with Crippen molar-refractivity contribution in [2.75, 3.05) is 26.2 Å². The summed E-state index contributed by atoms with van der Waals surface area (Å²) in [6, 6.07) is 6.61. The number of nitrogens with zero attached hydrogens (tertiary/aromatic N) is 1. The smallest absolute Gasteiger partial charge is 0.248 e. The molecule has 4 nitrogen and oxygen atoms in total. The lowest BCUT2D eigenvalue weighted by molar-refractivity contribution is -0.152. The number of halogens is 1. The number of nitrogens with one attached hydrogen (secondary N) is 1. The number of hydrogen-bond acceptors (Lipinski definition) is 3. The first-order valence-electron chi connectivity index (χ1n) is 7.07. The van der Waals surface area contributed by atoms with Gasteiger partial charge in [-0.25, -0.2) is 4.39 Å². The molecule has 0 radical (unpaired) electrons. The number of carbonyl (C=O) groups excluding carboxylic acids is 1. The minimum atomic E-state index is -0.258. The molecule has 0 aromatic heterocycles. The normalized spacial score (nSPS) is 27.1. The average Bonchev–Trinajstić information content (AvgIpc) is 2.98. The van der Waals surface area contributed by atoms with Gasteiger partial charge in [0.25, 0.3) is 0 Å². The van der Waals surface area contributed by atoms with Gasteiger partial charge in [-0.2, -0.15) is 0 Å². The lowest BCUT2D eigenvalue weighted by Gasteiger charge is -2.35. The minimum absolute atomic E-state index is 0.0598. The number of rotatable bonds is 3. The molecule has 1 aromatic carbocycles. The molecule has 1 N–H and O–H groups in total. The molecule has 2 aliphatic rings. The minimum Gasteiger partial charge on any atom is -0.366 e. The maximum atomic E-state index is 13.7. The lowest BCUT2D eigenvalue weighted by atomic mass is 9.99. The van der Waals surface area contributed by atoms with E-state index in [0.29, 0.717) is 24.6 Å². The Bertz CT molecular complexity index is 489. The maximum Gasteiger partial charge on any atom is 0.248 e. The number of ether oxygens (including phenoxy) is 1. The van der Waals surface area contributed by atoms with Crippen molar-refractivity contribution in [3.05, 3.63) is 35.6 Å². The van der Waals surface area contributed by atoms with Gasteiger partial charge in [-0.3, -0.25) is 4.79 Å². The number of morpholine rings is 1. The largest absolute Gasteiger partial charge is 0.366 e. The van der Waals surface area contributed by atoms with E-state index in [4.69, 9.17) is 4.74 Å². The summed E-state index contributed by atoms with van der Waals surface area (Å²) in [6.45, 7) is 2.93. The number of amides is 1. The molecule has 20 heavy (non-hydrogen) atoms. The SMILES string of the molecule is O=C1COC(C2CCNC2)CN1Cc1ccccc1F. The van der Waals surface area contributed by atoms with Crippen LogP contribution < -0.4 is 5.32 Å². The van der Waals surface area contributed by atoms with Crippen molar-refractivity contribution in [1.29, 1.82) is 0 Å². The third-order valence-corrected chi connectivity index (χ3v) is 4.12. The Hall–Kier alpha value is -1.46. The van der Waals surface area contributed by atoms with Crippen molar-refractivity contribution in [3.8, 4) is 0 Å². The van der Waals surface area contributed by atoms with Crippen molar-refractivity contribution in [2.45, 2.75) is 19.1 Å². The Morgan fingerprint density at radius 3 is 3.00 bits per heavy atom. The zero-order valence-electron chi connectivity index (χ0n) is 11.3. The van der Waals surface area contributed by atoms with Crippen LogP contribution in [0.15, 0.2) is 24.3 Å². The molecule has 2 atom stereocenters. The van der Waals surface area contributed by atoms with Gasteiger partial charge in [-0.05, 0) is 19.0 Å². The van der Waals surface area contributed by atoms with Crippen LogP contribution in [0.2, 0.25) is 0 Å². The fourth-order valence-corrected chi connectivity index (χ4v) is 2.91. The van der Waals surface area contributed by atoms with Crippen LogP contribution in [0, 0.1) is 11.7 Å². The van der Waals surface area contributed by atoms with E-state index in [1.807, 2.05) is 0 Å². The van der Waals surface area contributed by atoms with Crippen LogP contribution in [0.1, 0.15) is 12.0 Å². The molecule has 0 bridgehead atoms. The van der Waals surface area contributed by atoms with Gasteiger partial charge in [0, 0.05) is 31.1 Å². The molecular weight excluding hydrogens is 259 g/mol. The third kappa shape index (κ3) is 2.83. The molecule has 2 unspecified atom stereocenters. The van der Waals surface area contributed by atoms with Crippen molar-refractivity contribution >= 4 is 5.91 Å². The zero-order valence-corrected chi connectivity index (χ0v) is 11.3. The second-order valence-electron chi connectivity index (χ2n) is 5.47. The molecule has 2 aliphatic heterocycles. The molecule has 3 rings (SSSR count). The van der Waals surface area contributed by atoms with E-state index < -0.39 is 0 Å². The van der Waals surface area contributed by atoms with Crippen molar-refractivity contribution in [1.82, 2.24) is 10.2 Å². The first-order chi connectivity index (χ1) is 9.74. The molecule has 108 valence electrons. The summed E-state index contributed by atoms with van der Waals surface area (Å²) in [5, 5.41) is 3.31. The predicted molar refractivity (Wildman–Crippen MR) is 72.5 cm³/mol. The van der Waals surface area contributed by atoms with Crippen LogP contribution in [-0.4, -0.2) is 43.2 Å². The molecule has 0 saturated carbocycles. The third-order valence-electron chi connectivity index (χ3n) is 4.12. The fourth-order valence-electron chi connectivity index (χ4n) is 2.91. The Morgan fingerprint density at radius 2 is 2.25 bits per heavy atom. The topological polar surface area (TPSA) is 41.6 Å². The van der Waals surface area contributed by atoms with Gasteiger partial charge in [0.05, 0.1) is 6.10 Å². The van der Waals surface area contributed by atoms with E-state index in [1.54, 1.807) is 23.1 Å². The number of benzene rings is 1. The summed E-state index contributed by atoms with van der Waals surface area (Å²) in [5.74, 6) is 0.132. The van der Waals surface area contributed by atoms with Crippen molar-refractivity contribution in [3.63, 3.8) is 0 Å². The zero-order chi connectivity index (χ0) is 13.9. The standard InChI is InChI=1S/C15H19FN2O2/c16-13-4-2-1-3-12(13)8-18-9-14(20-10-15(18)19)11-5-6-17-7-11/h1-4,11,14,17H,5-10H2. The van der Waals surface area contributed by atoms with Crippen molar-refractivity contribution < 1.29 is 13.9 Å². The highest BCUT2D eigenvalue weighted by atomic mass is 19.1. The number of hydrogen-bond donors (Lipinski definition) is 1. The van der Waals surface area contributed by atoms with E-state index in [2.05, 4.69) is 5.32 Å². The summed E-state index contributed by atoms with van der Waals surface area (Å²) < 4.78 is 19.3. The fraction of sp³-hybridized carbons (Fsp3) is 0.533. The summed E-state index contributed by atoms with van der Waals surface area (Å²) in [7, 11) is 0. The first kappa shape index (κ1) is 13.5. The first-order valence-corrected chi connectivity index (χ1v) is 7.07. The van der Waals surface area contributed by atoms with Crippen LogP contribution >= 0.6 is 0 Å². The molecule has 2 fully saturated rings. The molecule has 1 aromatic rings. The van der Waals surface area contributed by atoms with Gasteiger partial charge < -0.3 is 15.0 Å². The van der Waals surface area contributed by atoms with Gasteiger partial charge in [0.1, 0.15) is 12.4 Å². The molecule has 2 heterocycles. The van der Waals surface area contributed by atoms with Gasteiger partial charge in [0.2, 0.25) is 5.91 Å². The summed E-state index contributed by atoms with van der Waals surface area (Å²) in [6.07, 6.45) is 1.14. The van der Waals surface area contributed by atoms with E-state index >= 15 is 0 Å². The summed E-state index contributed by atoms with van der Waals surface area (Å²) >= 11 is 0. The van der Waals surface area contributed by atoms with Crippen LogP contribution in [-0.2, 0) is 16.1 Å². The van der Waals surface area contributed by atoms with Crippen LogP contribution in [0.25, 0.3) is 0 Å². The van der Waals surface area contributed by atoms with Gasteiger partial charge >= 0.3 is 0 Å². The monoisotopic (exact) mass is 278 g/mol. The van der Waals surface area contributed by atoms with Crippen LogP contribution in [0.4, 0.5) is 4.39 Å².